The Labute approximate surface area is 197 Å². The molecule has 1 unspecified atom stereocenters. The molecule has 1 atom stereocenters. The third-order valence-electron chi connectivity index (χ3n) is 6.80. The average Bonchev–Trinajstić information content (AvgIpc) is 2.77. The van der Waals surface area contributed by atoms with Crippen molar-refractivity contribution in [3.63, 3.8) is 0 Å². The molecule has 6 heteroatoms. The molecule has 3 rings (SSSR count). The molecule has 1 aliphatic rings. The Morgan fingerprint density at radius 3 is 2.52 bits per heavy atom. The summed E-state index contributed by atoms with van der Waals surface area (Å²) in [6.07, 6.45) is 1.41. The summed E-state index contributed by atoms with van der Waals surface area (Å²) < 4.78 is 0. The van der Waals surface area contributed by atoms with Crippen molar-refractivity contribution in [3.8, 4) is 5.75 Å². The number of nitrogens with zero attached hydrogens (tertiary/aromatic N) is 2. The summed E-state index contributed by atoms with van der Waals surface area (Å²) in [5, 5.41) is 13.3. The second kappa shape index (κ2) is 9.56. The fourth-order valence-corrected chi connectivity index (χ4v) is 4.34. The summed E-state index contributed by atoms with van der Waals surface area (Å²) in [4.78, 5) is 31.1. The average molecular weight is 452 g/mol. The third kappa shape index (κ3) is 5.06. The lowest BCUT2D eigenvalue weighted by Gasteiger charge is -2.40. The molecule has 2 amide bonds. The number of nitrogens with one attached hydrogen (secondary N) is 1. The molecular weight excluding hydrogens is 414 g/mol. The molecule has 0 saturated carbocycles. The fraction of sp³-hybridized carbons (Fsp3) is 0.481. The van der Waals surface area contributed by atoms with Gasteiger partial charge in [-0.3, -0.25) is 9.59 Å². The van der Waals surface area contributed by atoms with Gasteiger partial charge in [0, 0.05) is 29.8 Å². The first-order chi connectivity index (χ1) is 15.5. The maximum Gasteiger partial charge on any atom is 0.251 e. The highest BCUT2D eigenvalue weighted by Crippen LogP contribution is 2.37. The minimum Gasteiger partial charge on any atom is -0.507 e. The van der Waals surface area contributed by atoms with Gasteiger partial charge in [-0.1, -0.05) is 45.0 Å². The van der Waals surface area contributed by atoms with E-state index in [0.29, 0.717) is 24.2 Å². The Bertz CT molecular complexity index is 1060. The first-order valence-electron chi connectivity index (χ1n) is 11.6. The van der Waals surface area contributed by atoms with Crippen LogP contribution in [0.25, 0.3) is 0 Å². The van der Waals surface area contributed by atoms with Crippen molar-refractivity contribution in [1.82, 2.24) is 9.80 Å². The Morgan fingerprint density at radius 2 is 1.88 bits per heavy atom. The number of fused-ring (bicyclic) bond motifs is 1. The topological polar surface area (TPSA) is 72.9 Å². The number of aromatic hydroxyl groups is 1. The minimum absolute atomic E-state index is 0.0164. The van der Waals surface area contributed by atoms with E-state index in [-0.39, 0.29) is 17.6 Å². The summed E-state index contributed by atoms with van der Waals surface area (Å²) in [7, 11) is 4.02. The summed E-state index contributed by atoms with van der Waals surface area (Å²) in [6, 6.07) is 9.12. The van der Waals surface area contributed by atoms with Crippen molar-refractivity contribution in [1.29, 1.82) is 0 Å². The highest BCUT2D eigenvalue weighted by molar-refractivity contribution is 5.99. The summed E-state index contributed by atoms with van der Waals surface area (Å²) in [6.45, 7) is 10.7. The molecular formula is C27H37N3O3. The monoisotopic (exact) mass is 451 g/mol. The van der Waals surface area contributed by atoms with E-state index >= 15 is 0 Å². The van der Waals surface area contributed by atoms with Crippen LogP contribution >= 0.6 is 0 Å². The number of carbonyl (C=O) groups is 2. The van der Waals surface area contributed by atoms with Gasteiger partial charge < -0.3 is 20.2 Å². The smallest absolute Gasteiger partial charge is 0.251 e. The van der Waals surface area contributed by atoms with Gasteiger partial charge in [0.05, 0.1) is 0 Å². The van der Waals surface area contributed by atoms with E-state index in [2.05, 4.69) is 28.4 Å². The van der Waals surface area contributed by atoms with Crippen molar-refractivity contribution in [2.75, 3.05) is 26.0 Å². The van der Waals surface area contributed by atoms with Gasteiger partial charge in [0.15, 0.2) is 0 Å². The van der Waals surface area contributed by atoms with Crippen LogP contribution in [0.4, 0.5) is 5.69 Å². The minimum atomic E-state index is -0.725. The predicted molar refractivity (Wildman–Crippen MR) is 132 cm³/mol. The molecule has 2 N–H and O–H groups in total. The Hall–Kier alpha value is -2.86. The number of anilines is 1. The maximum atomic E-state index is 13.7. The molecule has 2 aromatic carbocycles. The molecule has 1 heterocycles. The van der Waals surface area contributed by atoms with E-state index in [4.69, 9.17) is 0 Å². The molecule has 6 nitrogen and oxygen atoms in total. The lowest BCUT2D eigenvalue weighted by Crippen LogP contribution is -2.49. The van der Waals surface area contributed by atoms with Crippen molar-refractivity contribution < 1.29 is 14.7 Å². The van der Waals surface area contributed by atoms with E-state index in [9.17, 15) is 14.7 Å². The first kappa shape index (κ1) is 24.8. The summed E-state index contributed by atoms with van der Waals surface area (Å²) in [5.41, 5.74) is 4.45. The number of benzene rings is 2. The highest BCUT2D eigenvalue weighted by Gasteiger charge is 2.41. The van der Waals surface area contributed by atoms with Crippen LogP contribution in [-0.2, 0) is 22.6 Å². The van der Waals surface area contributed by atoms with Crippen LogP contribution in [0.2, 0.25) is 0 Å². The highest BCUT2D eigenvalue weighted by atomic mass is 16.3. The van der Waals surface area contributed by atoms with Gasteiger partial charge in [0.25, 0.3) is 5.91 Å². The van der Waals surface area contributed by atoms with Crippen LogP contribution in [0.3, 0.4) is 0 Å². The number of aryl methyl sites for hydroxylation is 1. The normalized spacial score (nSPS) is 16.0. The number of phenols is 1. The van der Waals surface area contributed by atoms with Crippen LogP contribution in [-0.4, -0.2) is 47.4 Å². The van der Waals surface area contributed by atoms with Crippen LogP contribution in [0, 0.1) is 19.3 Å². The van der Waals surface area contributed by atoms with Gasteiger partial charge in [0.1, 0.15) is 11.8 Å². The van der Waals surface area contributed by atoms with Crippen LogP contribution in [0.5, 0.6) is 5.75 Å². The van der Waals surface area contributed by atoms with Crippen molar-refractivity contribution in [2.24, 2.45) is 5.41 Å². The molecule has 0 bridgehead atoms. The van der Waals surface area contributed by atoms with E-state index in [1.165, 1.54) is 0 Å². The van der Waals surface area contributed by atoms with E-state index in [0.717, 1.165) is 35.2 Å². The molecule has 1 aliphatic heterocycles. The van der Waals surface area contributed by atoms with Crippen molar-refractivity contribution in [3.05, 3.63) is 58.1 Å². The van der Waals surface area contributed by atoms with Crippen molar-refractivity contribution >= 4 is 17.5 Å². The zero-order valence-electron chi connectivity index (χ0n) is 21.0. The molecule has 0 fully saturated rings. The lowest BCUT2D eigenvalue weighted by atomic mass is 9.84. The zero-order chi connectivity index (χ0) is 24.5. The summed E-state index contributed by atoms with van der Waals surface area (Å²) >= 11 is 0. The molecule has 0 aromatic heterocycles. The second-order valence-corrected chi connectivity index (χ2v) is 10.1. The largest absolute Gasteiger partial charge is 0.507 e. The molecule has 0 saturated heterocycles. The quantitative estimate of drug-likeness (QED) is 0.675. The first-order valence-corrected chi connectivity index (χ1v) is 11.6. The van der Waals surface area contributed by atoms with Gasteiger partial charge in [-0.05, 0) is 69.1 Å². The van der Waals surface area contributed by atoms with E-state index in [1.807, 2.05) is 41.8 Å². The fourth-order valence-electron chi connectivity index (χ4n) is 4.34. The molecule has 2 aromatic rings. The number of amides is 2. The number of hydrogen-bond acceptors (Lipinski definition) is 4. The number of phenolic OH excluding ortho intramolecular Hbond substituents is 1. The molecule has 0 radical (unpaired) electrons. The Morgan fingerprint density at radius 1 is 1.18 bits per heavy atom. The van der Waals surface area contributed by atoms with E-state index < -0.39 is 11.5 Å². The summed E-state index contributed by atoms with van der Waals surface area (Å²) in [5.74, 6) is -0.105. The van der Waals surface area contributed by atoms with Crippen LogP contribution in [0.1, 0.15) is 61.1 Å². The maximum absolute atomic E-state index is 13.7. The predicted octanol–water partition coefficient (Wildman–Crippen LogP) is 4.57. The number of hydrogen-bond donors (Lipinski definition) is 2. The van der Waals surface area contributed by atoms with Crippen molar-refractivity contribution in [2.45, 2.75) is 60.0 Å². The van der Waals surface area contributed by atoms with Gasteiger partial charge in [0.2, 0.25) is 5.91 Å². The van der Waals surface area contributed by atoms with Gasteiger partial charge in [-0.2, -0.15) is 0 Å². The molecule has 33 heavy (non-hydrogen) atoms. The van der Waals surface area contributed by atoms with Crippen LogP contribution < -0.4 is 5.32 Å². The third-order valence-corrected chi connectivity index (χ3v) is 6.80. The zero-order valence-corrected chi connectivity index (χ0v) is 21.0. The SMILES string of the molecule is CCC(C)(C)C(=O)N1CCc2ccc(CN(C)C)cc2C1C(=O)Nc1ccc(C)c(O)c1C. The Balaban J connectivity index is 2.06. The van der Waals surface area contributed by atoms with Crippen LogP contribution in [0.15, 0.2) is 30.3 Å². The molecule has 0 spiro atoms. The second-order valence-electron chi connectivity index (χ2n) is 10.1. The molecule has 0 aliphatic carbocycles. The lowest BCUT2D eigenvalue weighted by molar-refractivity contribution is -0.147. The van der Waals surface area contributed by atoms with Gasteiger partial charge in [-0.15, -0.1) is 0 Å². The number of carbonyl (C=O) groups excluding carboxylic acids is 2. The Kier molecular flexibility index (Phi) is 7.17. The van der Waals surface area contributed by atoms with Gasteiger partial charge >= 0.3 is 0 Å². The molecule has 178 valence electrons. The van der Waals surface area contributed by atoms with E-state index in [1.54, 1.807) is 24.0 Å². The van der Waals surface area contributed by atoms with Gasteiger partial charge in [-0.25, -0.2) is 0 Å². The standard InChI is InChI=1S/C27H37N3O3/c1-8-27(4,5)26(33)30-14-13-20-11-10-19(16-29(6)7)15-21(20)23(30)25(32)28-22-12-9-17(2)24(31)18(22)3/h9-12,15,23,31H,8,13-14,16H2,1-7H3,(H,28,32). The number of rotatable bonds is 6.